The molecule has 25 heavy (non-hydrogen) atoms. The number of carbonyl (C=O) groups is 2. The Morgan fingerprint density at radius 2 is 1.88 bits per heavy atom. The Morgan fingerprint density at radius 1 is 1.12 bits per heavy atom. The van der Waals surface area contributed by atoms with Crippen LogP contribution in [0, 0.1) is 5.92 Å². The van der Waals surface area contributed by atoms with Gasteiger partial charge < -0.3 is 10.2 Å². The molecule has 0 radical (unpaired) electrons. The number of hydrogen-bond donors (Lipinski definition) is 1. The normalized spacial score (nSPS) is 18.8. The number of hydrogen-bond acceptors (Lipinski definition) is 2. The number of rotatable bonds is 4. The minimum Gasteiger partial charge on any atom is -0.352 e. The second-order valence-corrected chi connectivity index (χ2v) is 7.05. The van der Waals surface area contributed by atoms with Gasteiger partial charge in [-0.3, -0.25) is 9.59 Å². The molecule has 1 aliphatic carbocycles. The van der Waals surface area contributed by atoms with Gasteiger partial charge in [0, 0.05) is 29.8 Å². The predicted molar refractivity (Wildman–Crippen MR) is 97.4 cm³/mol. The third-order valence-corrected chi connectivity index (χ3v) is 5.02. The van der Waals surface area contributed by atoms with Crippen LogP contribution in [0.15, 0.2) is 48.5 Å². The summed E-state index contributed by atoms with van der Waals surface area (Å²) in [6, 6.07) is 15.7. The molecule has 4 heteroatoms. The highest BCUT2D eigenvalue weighted by atomic mass is 16.2. The van der Waals surface area contributed by atoms with Gasteiger partial charge in [0.05, 0.1) is 0 Å². The van der Waals surface area contributed by atoms with Gasteiger partial charge in [-0.05, 0) is 55.5 Å². The second kappa shape index (κ2) is 6.36. The number of benzene rings is 2. The van der Waals surface area contributed by atoms with Crippen LogP contribution >= 0.6 is 0 Å². The highest BCUT2D eigenvalue weighted by Gasteiger charge is 2.32. The first-order valence-corrected chi connectivity index (χ1v) is 8.91. The van der Waals surface area contributed by atoms with Crippen molar-refractivity contribution in [2.75, 3.05) is 4.90 Å². The molecule has 0 bridgehead atoms. The minimum atomic E-state index is 0.0333. The summed E-state index contributed by atoms with van der Waals surface area (Å²) in [7, 11) is 0. The lowest BCUT2D eigenvalue weighted by Crippen LogP contribution is -2.35. The third-order valence-electron chi connectivity index (χ3n) is 5.02. The molecule has 2 aromatic carbocycles. The molecule has 0 unspecified atom stereocenters. The van der Waals surface area contributed by atoms with Crippen molar-refractivity contribution in [3.8, 4) is 0 Å². The Bertz CT molecular complexity index is 812. The smallest absolute Gasteiger partial charge is 0.258 e. The first-order chi connectivity index (χ1) is 12.1. The van der Waals surface area contributed by atoms with Crippen molar-refractivity contribution in [1.29, 1.82) is 0 Å². The van der Waals surface area contributed by atoms with Crippen molar-refractivity contribution in [2.24, 2.45) is 5.92 Å². The molecule has 1 N–H and O–H groups in total. The van der Waals surface area contributed by atoms with E-state index in [1.54, 1.807) is 0 Å². The van der Waals surface area contributed by atoms with E-state index in [4.69, 9.17) is 0 Å². The molecule has 2 aromatic rings. The van der Waals surface area contributed by atoms with E-state index in [-0.39, 0.29) is 23.8 Å². The van der Waals surface area contributed by atoms with E-state index in [2.05, 4.69) is 24.4 Å². The highest BCUT2D eigenvalue weighted by molar-refractivity contribution is 6.07. The van der Waals surface area contributed by atoms with Gasteiger partial charge in [-0.15, -0.1) is 0 Å². The molecule has 0 spiro atoms. The number of amides is 2. The number of carbonyl (C=O) groups excluding carboxylic acids is 2. The molecular weight excluding hydrogens is 312 g/mol. The Balaban J connectivity index is 1.56. The molecule has 1 saturated carbocycles. The molecule has 1 aliphatic heterocycles. The standard InChI is InChI=1S/C21H22N2O2/c1-14-11-18-8-7-15(13-22-20(24)16-9-10-16)12-19(18)23(14)21(25)17-5-3-2-4-6-17/h2-8,12,14,16H,9-11,13H2,1H3,(H,22,24)/t14-/m1/s1. The molecular formula is C21H22N2O2. The first-order valence-electron chi connectivity index (χ1n) is 8.91. The zero-order valence-electron chi connectivity index (χ0n) is 14.4. The summed E-state index contributed by atoms with van der Waals surface area (Å²) >= 11 is 0. The van der Waals surface area contributed by atoms with Gasteiger partial charge in [0.15, 0.2) is 0 Å². The predicted octanol–water partition coefficient (Wildman–Crippen LogP) is 3.30. The summed E-state index contributed by atoms with van der Waals surface area (Å²) in [5.41, 5.74) is 3.90. The average Bonchev–Trinajstić information content (AvgIpc) is 3.42. The lowest BCUT2D eigenvalue weighted by atomic mass is 10.1. The number of fused-ring (bicyclic) bond motifs is 1. The second-order valence-electron chi connectivity index (χ2n) is 7.05. The van der Waals surface area contributed by atoms with Gasteiger partial charge >= 0.3 is 0 Å². The van der Waals surface area contributed by atoms with Crippen molar-refractivity contribution in [3.05, 3.63) is 65.2 Å². The quantitative estimate of drug-likeness (QED) is 0.932. The van der Waals surface area contributed by atoms with Gasteiger partial charge in [0.25, 0.3) is 5.91 Å². The molecule has 1 fully saturated rings. The van der Waals surface area contributed by atoms with Crippen molar-refractivity contribution < 1.29 is 9.59 Å². The summed E-state index contributed by atoms with van der Waals surface area (Å²) in [6.45, 7) is 2.60. The lowest BCUT2D eigenvalue weighted by Gasteiger charge is -2.23. The maximum Gasteiger partial charge on any atom is 0.258 e. The van der Waals surface area contributed by atoms with Crippen LogP contribution in [0.4, 0.5) is 5.69 Å². The Kier molecular flexibility index (Phi) is 4.04. The van der Waals surface area contributed by atoms with Crippen LogP contribution in [0.1, 0.15) is 41.3 Å². The molecule has 2 amide bonds. The van der Waals surface area contributed by atoms with Crippen LogP contribution in [0.25, 0.3) is 0 Å². The third kappa shape index (κ3) is 3.16. The largest absolute Gasteiger partial charge is 0.352 e. The van der Waals surface area contributed by atoms with Gasteiger partial charge in [-0.25, -0.2) is 0 Å². The van der Waals surface area contributed by atoms with Crippen molar-refractivity contribution in [1.82, 2.24) is 5.32 Å². The molecule has 0 saturated heterocycles. The van der Waals surface area contributed by atoms with Crippen molar-refractivity contribution in [3.63, 3.8) is 0 Å². The Hall–Kier alpha value is -2.62. The van der Waals surface area contributed by atoms with Gasteiger partial charge in [-0.1, -0.05) is 30.3 Å². The first kappa shape index (κ1) is 15.9. The number of nitrogens with one attached hydrogen (secondary N) is 1. The highest BCUT2D eigenvalue weighted by Crippen LogP contribution is 2.34. The van der Waals surface area contributed by atoms with E-state index in [0.29, 0.717) is 12.1 Å². The van der Waals surface area contributed by atoms with E-state index < -0.39 is 0 Å². The van der Waals surface area contributed by atoms with E-state index >= 15 is 0 Å². The Labute approximate surface area is 147 Å². The van der Waals surface area contributed by atoms with E-state index in [1.807, 2.05) is 41.3 Å². The SMILES string of the molecule is C[C@@H]1Cc2ccc(CNC(=O)C3CC3)cc2N1C(=O)c1ccccc1. The topological polar surface area (TPSA) is 49.4 Å². The fourth-order valence-electron chi connectivity index (χ4n) is 3.47. The van der Waals surface area contributed by atoms with E-state index in [1.165, 1.54) is 5.56 Å². The maximum absolute atomic E-state index is 13.0. The summed E-state index contributed by atoms with van der Waals surface area (Å²) in [5.74, 6) is 0.391. The monoisotopic (exact) mass is 334 g/mol. The molecule has 0 aromatic heterocycles. The molecule has 128 valence electrons. The fourth-order valence-corrected chi connectivity index (χ4v) is 3.47. The molecule has 4 nitrogen and oxygen atoms in total. The average molecular weight is 334 g/mol. The van der Waals surface area contributed by atoms with Gasteiger partial charge in [-0.2, -0.15) is 0 Å². The van der Waals surface area contributed by atoms with Crippen LogP contribution in [-0.4, -0.2) is 17.9 Å². The lowest BCUT2D eigenvalue weighted by molar-refractivity contribution is -0.122. The van der Waals surface area contributed by atoms with Gasteiger partial charge in [0.1, 0.15) is 0 Å². The minimum absolute atomic E-state index is 0.0333. The Morgan fingerprint density at radius 3 is 2.60 bits per heavy atom. The van der Waals surface area contributed by atoms with Crippen molar-refractivity contribution >= 4 is 17.5 Å². The van der Waals surface area contributed by atoms with Crippen molar-refractivity contribution in [2.45, 2.75) is 38.8 Å². The summed E-state index contributed by atoms with van der Waals surface area (Å²) in [6.07, 6.45) is 2.88. The summed E-state index contributed by atoms with van der Waals surface area (Å²) in [5, 5.41) is 3.00. The number of anilines is 1. The zero-order chi connectivity index (χ0) is 17.4. The van der Waals surface area contributed by atoms with Gasteiger partial charge in [0.2, 0.25) is 5.91 Å². The van der Waals surface area contributed by atoms with E-state index in [0.717, 1.165) is 30.5 Å². The molecule has 1 atom stereocenters. The zero-order valence-corrected chi connectivity index (χ0v) is 14.4. The van der Waals surface area contributed by atoms with E-state index in [9.17, 15) is 9.59 Å². The fraction of sp³-hybridized carbons (Fsp3) is 0.333. The van der Waals surface area contributed by atoms with Crippen LogP contribution < -0.4 is 10.2 Å². The number of nitrogens with zero attached hydrogens (tertiary/aromatic N) is 1. The molecule has 4 rings (SSSR count). The molecule has 2 aliphatic rings. The van der Waals surface area contributed by atoms with Crippen LogP contribution in [0.3, 0.4) is 0 Å². The maximum atomic E-state index is 13.0. The summed E-state index contributed by atoms with van der Waals surface area (Å²) < 4.78 is 0. The van der Waals surface area contributed by atoms with Crippen LogP contribution in [-0.2, 0) is 17.8 Å². The van der Waals surface area contributed by atoms with Crippen LogP contribution in [0.2, 0.25) is 0 Å². The van der Waals surface area contributed by atoms with Crippen LogP contribution in [0.5, 0.6) is 0 Å². The molecule has 1 heterocycles. The summed E-state index contributed by atoms with van der Waals surface area (Å²) in [4.78, 5) is 26.7.